The summed E-state index contributed by atoms with van der Waals surface area (Å²) in [6.07, 6.45) is 4.66. The summed E-state index contributed by atoms with van der Waals surface area (Å²) in [5.41, 5.74) is 4.31. The van der Waals surface area contributed by atoms with Crippen LogP contribution >= 0.6 is 11.8 Å². The van der Waals surface area contributed by atoms with Crippen molar-refractivity contribution in [3.8, 4) is 12.1 Å². The van der Waals surface area contributed by atoms with Gasteiger partial charge in [-0.05, 0) is 43.7 Å². The molecule has 0 radical (unpaired) electrons. The zero-order valence-electron chi connectivity index (χ0n) is 10.5. The van der Waals surface area contributed by atoms with Gasteiger partial charge in [-0.1, -0.05) is 0 Å². The van der Waals surface area contributed by atoms with Gasteiger partial charge in [-0.15, -0.1) is 11.8 Å². The van der Waals surface area contributed by atoms with Gasteiger partial charge in [-0.3, -0.25) is 0 Å². The Morgan fingerprint density at radius 2 is 2.17 bits per heavy atom. The van der Waals surface area contributed by atoms with Crippen molar-refractivity contribution in [1.82, 2.24) is 4.98 Å². The molecule has 1 aliphatic rings. The quantitative estimate of drug-likeness (QED) is 0.614. The first kappa shape index (κ1) is 12.9. The first-order valence-corrected chi connectivity index (χ1v) is 7.18. The summed E-state index contributed by atoms with van der Waals surface area (Å²) in [4.78, 5) is 4.64. The zero-order chi connectivity index (χ0) is 13.0. The van der Waals surface area contributed by atoms with Crippen molar-refractivity contribution in [3.05, 3.63) is 22.4 Å². The lowest BCUT2D eigenvalue weighted by Gasteiger charge is -2.10. The second-order valence-electron chi connectivity index (χ2n) is 4.42. The van der Waals surface area contributed by atoms with Crippen molar-refractivity contribution in [2.24, 2.45) is 0 Å². The molecule has 0 fully saturated rings. The van der Waals surface area contributed by atoms with E-state index in [2.05, 4.69) is 17.1 Å². The van der Waals surface area contributed by atoms with E-state index in [-0.39, 0.29) is 0 Å². The minimum absolute atomic E-state index is 0.568. The lowest BCUT2D eigenvalue weighted by Crippen LogP contribution is -2.00. The molecule has 0 saturated carbocycles. The third-order valence-electron chi connectivity index (χ3n) is 3.25. The minimum atomic E-state index is 0.568. The van der Waals surface area contributed by atoms with Crippen molar-refractivity contribution in [2.45, 2.75) is 44.1 Å². The van der Waals surface area contributed by atoms with Gasteiger partial charge in [-0.2, -0.15) is 10.5 Å². The summed E-state index contributed by atoms with van der Waals surface area (Å²) >= 11 is 1.61. The van der Waals surface area contributed by atoms with Crippen molar-refractivity contribution in [3.63, 3.8) is 0 Å². The number of aryl methyl sites for hydroxylation is 1. The van der Waals surface area contributed by atoms with E-state index in [1.165, 1.54) is 11.3 Å². The molecule has 0 aromatic carbocycles. The molecule has 1 aromatic heterocycles. The lowest BCUT2D eigenvalue weighted by molar-refractivity contribution is 0.890. The van der Waals surface area contributed by atoms with Gasteiger partial charge in [0.1, 0.15) is 11.1 Å². The Morgan fingerprint density at radius 1 is 1.33 bits per heavy atom. The smallest absolute Gasteiger partial charge is 0.114 e. The Labute approximate surface area is 112 Å². The molecule has 0 bridgehead atoms. The molecule has 0 amide bonds. The van der Waals surface area contributed by atoms with Crippen LogP contribution in [0.1, 0.15) is 41.6 Å². The first-order valence-electron chi connectivity index (χ1n) is 6.20. The molecule has 0 aliphatic heterocycles. The Bertz CT molecular complexity index is 537. The van der Waals surface area contributed by atoms with Gasteiger partial charge in [0.15, 0.2) is 0 Å². The predicted octanol–water partition coefficient (Wildman–Crippen LogP) is 3.15. The van der Waals surface area contributed by atoms with Gasteiger partial charge < -0.3 is 0 Å². The van der Waals surface area contributed by atoms with Crippen LogP contribution < -0.4 is 0 Å². The van der Waals surface area contributed by atoms with Crippen LogP contribution in [-0.2, 0) is 12.8 Å². The number of unbranched alkanes of at least 4 members (excludes halogenated alkanes) is 1. The molecular formula is C14H15N3S. The highest BCUT2D eigenvalue weighted by molar-refractivity contribution is 7.99. The predicted molar refractivity (Wildman–Crippen MR) is 71.3 cm³/mol. The Morgan fingerprint density at radius 3 is 2.89 bits per heavy atom. The number of hydrogen-bond acceptors (Lipinski definition) is 4. The van der Waals surface area contributed by atoms with E-state index >= 15 is 0 Å². The molecule has 0 spiro atoms. The highest BCUT2D eigenvalue weighted by Gasteiger charge is 2.20. The van der Waals surface area contributed by atoms with Crippen LogP contribution in [0.4, 0.5) is 0 Å². The molecule has 1 aromatic rings. The van der Waals surface area contributed by atoms with Crippen LogP contribution in [0.3, 0.4) is 0 Å². The SMILES string of the molecule is Cc1c(C#N)c(SCCCC#N)nc2c1CCC2. The number of aromatic nitrogens is 1. The fourth-order valence-electron chi connectivity index (χ4n) is 2.30. The van der Waals surface area contributed by atoms with Crippen LogP contribution in [0, 0.1) is 29.6 Å². The standard InChI is InChI=1S/C14H15N3S/c1-10-11-5-4-6-13(11)17-14(12(10)9-16)18-8-3-2-7-15/h2-6,8H2,1H3. The van der Waals surface area contributed by atoms with E-state index in [0.29, 0.717) is 6.42 Å². The Kier molecular flexibility index (Phi) is 4.23. The van der Waals surface area contributed by atoms with Gasteiger partial charge in [0.25, 0.3) is 0 Å². The van der Waals surface area contributed by atoms with Crippen molar-refractivity contribution in [2.75, 3.05) is 5.75 Å². The van der Waals surface area contributed by atoms with Gasteiger partial charge >= 0.3 is 0 Å². The maximum atomic E-state index is 9.28. The van der Waals surface area contributed by atoms with Crippen LogP contribution in [0.2, 0.25) is 0 Å². The summed E-state index contributed by atoms with van der Waals surface area (Å²) in [6.45, 7) is 2.03. The Hall–Kier alpha value is -1.52. The minimum Gasteiger partial charge on any atom is -0.245 e. The second-order valence-corrected chi connectivity index (χ2v) is 5.50. The van der Waals surface area contributed by atoms with Crippen molar-refractivity contribution >= 4 is 11.8 Å². The molecule has 92 valence electrons. The summed E-state index contributed by atoms with van der Waals surface area (Å²) in [5, 5.41) is 18.6. The van der Waals surface area contributed by atoms with E-state index in [4.69, 9.17) is 5.26 Å². The molecule has 2 rings (SSSR count). The molecule has 0 saturated heterocycles. The maximum Gasteiger partial charge on any atom is 0.114 e. The fourth-order valence-corrected chi connectivity index (χ4v) is 3.30. The van der Waals surface area contributed by atoms with Crippen molar-refractivity contribution in [1.29, 1.82) is 10.5 Å². The van der Waals surface area contributed by atoms with Crippen LogP contribution in [-0.4, -0.2) is 10.7 Å². The summed E-state index contributed by atoms with van der Waals surface area (Å²) in [7, 11) is 0. The number of rotatable bonds is 4. The van der Waals surface area contributed by atoms with Gasteiger partial charge in [0.05, 0.1) is 11.6 Å². The van der Waals surface area contributed by atoms with E-state index in [9.17, 15) is 5.26 Å². The molecule has 0 unspecified atom stereocenters. The number of fused-ring (bicyclic) bond motifs is 1. The first-order chi connectivity index (χ1) is 8.77. The third-order valence-corrected chi connectivity index (χ3v) is 4.31. The molecule has 4 heteroatoms. The average molecular weight is 257 g/mol. The number of pyridine rings is 1. The Balaban J connectivity index is 2.22. The highest BCUT2D eigenvalue weighted by Crippen LogP contribution is 2.31. The van der Waals surface area contributed by atoms with Crippen molar-refractivity contribution < 1.29 is 0 Å². The number of thioether (sulfide) groups is 1. The van der Waals surface area contributed by atoms with Gasteiger partial charge in [0, 0.05) is 17.9 Å². The van der Waals surface area contributed by atoms with E-state index in [0.717, 1.165) is 47.6 Å². The van der Waals surface area contributed by atoms with Crippen LogP contribution in [0.25, 0.3) is 0 Å². The maximum absolute atomic E-state index is 9.28. The van der Waals surface area contributed by atoms with E-state index in [1.807, 2.05) is 6.92 Å². The molecule has 1 aliphatic carbocycles. The van der Waals surface area contributed by atoms with Crippen LogP contribution in [0.15, 0.2) is 5.03 Å². The number of nitriles is 2. The van der Waals surface area contributed by atoms with E-state index in [1.54, 1.807) is 11.8 Å². The van der Waals surface area contributed by atoms with Gasteiger partial charge in [0.2, 0.25) is 0 Å². The summed E-state index contributed by atoms with van der Waals surface area (Å²) < 4.78 is 0. The molecule has 1 heterocycles. The monoisotopic (exact) mass is 257 g/mol. The molecule has 3 nitrogen and oxygen atoms in total. The largest absolute Gasteiger partial charge is 0.245 e. The average Bonchev–Trinajstić information content (AvgIpc) is 2.83. The normalized spacial score (nSPS) is 12.8. The van der Waals surface area contributed by atoms with Gasteiger partial charge in [-0.25, -0.2) is 4.98 Å². The zero-order valence-corrected chi connectivity index (χ0v) is 11.3. The second kappa shape index (κ2) is 5.89. The van der Waals surface area contributed by atoms with Crippen LogP contribution in [0.5, 0.6) is 0 Å². The molecule has 0 N–H and O–H groups in total. The number of nitrogens with zero attached hydrogens (tertiary/aromatic N) is 3. The molecule has 18 heavy (non-hydrogen) atoms. The van der Waals surface area contributed by atoms with E-state index < -0.39 is 0 Å². The fraction of sp³-hybridized carbons (Fsp3) is 0.500. The summed E-state index contributed by atoms with van der Waals surface area (Å²) in [5.74, 6) is 0.855. The third kappa shape index (κ3) is 2.49. The highest BCUT2D eigenvalue weighted by atomic mass is 32.2. The topological polar surface area (TPSA) is 60.5 Å². The molecule has 0 atom stereocenters. The molecular weight excluding hydrogens is 242 g/mol. The lowest BCUT2D eigenvalue weighted by atomic mass is 10.0. The summed E-state index contributed by atoms with van der Waals surface area (Å²) in [6, 6.07) is 4.42. The number of hydrogen-bond donors (Lipinski definition) is 0.